The summed E-state index contributed by atoms with van der Waals surface area (Å²) in [5.74, 6) is -2.22. The fourth-order valence-corrected chi connectivity index (χ4v) is 3.64. The molecule has 2 aliphatic rings. The lowest BCUT2D eigenvalue weighted by Gasteiger charge is -2.28. The van der Waals surface area contributed by atoms with E-state index in [2.05, 4.69) is 5.32 Å². The molecule has 0 bridgehead atoms. The number of anilines is 1. The highest BCUT2D eigenvalue weighted by atomic mass is 19.3. The lowest BCUT2D eigenvalue weighted by atomic mass is 9.87. The van der Waals surface area contributed by atoms with Gasteiger partial charge < -0.3 is 15.8 Å². The second-order valence-electron chi connectivity index (χ2n) is 7.13. The number of alkyl halides is 2. The van der Waals surface area contributed by atoms with Gasteiger partial charge in [-0.1, -0.05) is 12.2 Å². The van der Waals surface area contributed by atoms with E-state index in [1.807, 2.05) is 5.32 Å². The van der Waals surface area contributed by atoms with Crippen LogP contribution in [-0.2, 0) is 14.4 Å². The monoisotopic (exact) mass is 428 g/mol. The van der Waals surface area contributed by atoms with Crippen molar-refractivity contribution in [2.45, 2.75) is 38.2 Å². The predicted molar refractivity (Wildman–Crippen MR) is 102 cm³/mol. The third-order valence-electron chi connectivity index (χ3n) is 5.05. The second kappa shape index (κ2) is 9.45. The molecule has 0 radical (unpaired) electrons. The average Bonchev–Trinajstić information content (AvgIpc) is 3.07. The van der Waals surface area contributed by atoms with Gasteiger partial charge in [-0.05, 0) is 25.0 Å². The molecule has 30 heavy (non-hydrogen) atoms. The maximum Gasteiger partial charge on any atom is 0.315 e. The van der Waals surface area contributed by atoms with Gasteiger partial charge in [0.05, 0.1) is 12.2 Å². The number of amides is 2. The van der Waals surface area contributed by atoms with E-state index in [1.54, 1.807) is 25.1 Å². The molecule has 1 aromatic rings. The summed E-state index contributed by atoms with van der Waals surface area (Å²) < 4.78 is 39.7. The van der Waals surface area contributed by atoms with E-state index < -0.39 is 29.6 Å². The Bertz CT molecular complexity index is 826. The number of nitrogens with zero attached hydrogens (tertiary/aromatic N) is 1. The quantitative estimate of drug-likeness (QED) is 0.578. The van der Waals surface area contributed by atoms with Crippen LogP contribution in [0.5, 0.6) is 0 Å². The van der Waals surface area contributed by atoms with Gasteiger partial charge in [0.1, 0.15) is 12.4 Å². The van der Waals surface area contributed by atoms with Crippen LogP contribution in [0.25, 0.3) is 6.08 Å². The molecular formula is C19H23F3N4O4. The fraction of sp³-hybridized carbons (Fsp3) is 0.474. The topological polar surface area (TPSA) is 98.2 Å². The van der Waals surface area contributed by atoms with Crippen LogP contribution in [0.1, 0.15) is 36.8 Å². The fourth-order valence-electron chi connectivity index (χ4n) is 3.64. The van der Waals surface area contributed by atoms with Gasteiger partial charge in [-0.2, -0.15) is 18.6 Å². The molecule has 3 N–H and O–H groups in total. The first-order valence-electron chi connectivity index (χ1n) is 9.57. The Kier molecular flexibility index (Phi) is 6.95. The Morgan fingerprint density at radius 2 is 2.27 bits per heavy atom. The Hall–Kier alpha value is -2.63. The molecule has 2 heterocycles. The van der Waals surface area contributed by atoms with Gasteiger partial charge in [-0.15, -0.1) is 5.34 Å². The molecule has 0 aromatic heterocycles. The Morgan fingerprint density at radius 1 is 1.50 bits per heavy atom. The molecule has 2 aliphatic heterocycles. The van der Waals surface area contributed by atoms with Crippen molar-refractivity contribution in [3.05, 3.63) is 40.4 Å². The van der Waals surface area contributed by atoms with E-state index in [9.17, 15) is 23.6 Å². The minimum Gasteiger partial charge on any atom is -0.574 e. The zero-order valence-electron chi connectivity index (χ0n) is 16.3. The van der Waals surface area contributed by atoms with Gasteiger partial charge in [0.25, 0.3) is 5.91 Å². The molecule has 0 aliphatic carbocycles. The lowest BCUT2D eigenvalue weighted by molar-refractivity contribution is -1.05. The highest BCUT2D eigenvalue weighted by Gasteiger charge is 2.34. The second-order valence-corrected chi connectivity index (χ2v) is 7.13. The molecular weight excluding hydrogens is 405 g/mol. The molecule has 0 saturated carbocycles. The van der Waals surface area contributed by atoms with E-state index in [0.717, 1.165) is 0 Å². The summed E-state index contributed by atoms with van der Waals surface area (Å²) in [4.78, 5) is 27.5. The summed E-state index contributed by atoms with van der Waals surface area (Å²) in [6, 6.07) is 2.87. The largest absolute Gasteiger partial charge is 0.574 e. The molecule has 164 valence electrons. The molecule has 1 aromatic carbocycles. The number of carbonyl (C=O) groups excluding carboxylic acids is 2. The van der Waals surface area contributed by atoms with Crippen molar-refractivity contribution in [3.63, 3.8) is 0 Å². The smallest absolute Gasteiger partial charge is 0.315 e. The first kappa shape index (κ1) is 22.1. The van der Waals surface area contributed by atoms with Crippen LogP contribution in [0.4, 0.5) is 18.9 Å². The number of quaternary nitrogens is 1. The summed E-state index contributed by atoms with van der Waals surface area (Å²) in [5.41, 5.74) is 1.30. The van der Waals surface area contributed by atoms with Gasteiger partial charge in [0, 0.05) is 30.5 Å². The molecule has 3 atom stereocenters. The molecule has 2 fully saturated rings. The third kappa shape index (κ3) is 4.91. The molecule has 3 rings (SSSR count). The SMILES string of the molecule is C/C=C/c1cc(N2C[C@H](CNC(=O)C(F)F)O[NH+]2[O-])cc(F)c1C1CCC(=O)NC1. The zero-order chi connectivity index (χ0) is 21.8. The summed E-state index contributed by atoms with van der Waals surface area (Å²) in [6.07, 6.45) is 0.305. The van der Waals surface area contributed by atoms with Crippen LogP contribution in [0.2, 0.25) is 0 Å². The van der Waals surface area contributed by atoms with E-state index in [0.29, 0.717) is 30.5 Å². The normalized spacial score (nSPS) is 24.5. The van der Waals surface area contributed by atoms with Gasteiger partial charge in [0.2, 0.25) is 5.91 Å². The summed E-state index contributed by atoms with van der Waals surface area (Å²) >= 11 is 0. The van der Waals surface area contributed by atoms with Crippen LogP contribution in [0.15, 0.2) is 18.2 Å². The van der Waals surface area contributed by atoms with Crippen molar-refractivity contribution in [2.75, 3.05) is 24.6 Å². The number of halogens is 3. The van der Waals surface area contributed by atoms with Gasteiger partial charge in [-0.3, -0.25) is 9.59 Å². The number of allylic oxidation sites excluding steroid dienone is 1. The first-order valence-corrected chi connectivity index (χ1v) is 9.57. The Morgan fingerprint density at radius 3 is 2.90 bits per heavy atom. The molecule has 2 saturated heterocycles. The highest BCUT2D eigenvalue weighted by molar-refractivity contribution is 5.79. The van der Waals surface area contributed by atoms with Crippen LogP contribution < -0.4 is 21.0 Å². The summed E-state index contributed by atoms with van der Waals surface area (Å²) in [7, 11) is 0. The van der Waals surface area contributed by atoms with Crippen molar-refractivity contribution < 1.29 is 32.9 Å². The number of nitrogens with one attached hydrogen (secondary N) is 3. The number of rotatable bonds is 6. The van der Waals surface area contributed by atoms with Crippen LogP contribution in [0, 0.1) is 11.0 Å². The van der Waals surface area contributed by atoms with Gasteiger partial charge >= 0.3 is 6.43 Å². The first-order chi connectivity index (χ1) is 14.3. The number of piperidine rings is 1. The summed E-state index contributed by atoms with van der Waals surface area (Å²) in [5, 5.41) is 17.4. The van der Waals surface area contributed by atoms with Crippen LogP contribution in [-0.4, -0.2) is 44.0 Å². The molecule has 11 heteroatoms. The lowest BCUT2D eigenvalue weighted by Crippen LogP contribution is -3.11. The summed E-state index contributed by atoms with van der Waals surface area (Å²) in [6.45, 7) is 1.82. The molecule has 0 spiro atoms. The third-order valence-corrected chi connectivity index (χ3v) is 5.05. The standard InChI is InChI=1S/C19H23F3N4O4/c1-2-3-11-6-13(7-15(20)17(11)12-4-5-16(27)23-8-12)25-10-14(30-26(25)29)9-24-19(28)18(21)22/h2-3,6-7,12,14,18,26H,4-5,8-10H2,1H3,(H,23,27)(H,24,28)/b3-2+/t12?,14-/m0/s1. The zero-order valence-corrected chi connectivity index (χ0v) is 16.3. The molecule has 2 amide bonds. The highest BCUT2D eigenvalue weighted by Crippen LogP contribution is 2.33. The van der Waals surface area contributed by atoms with Crippen molar-refractivity contribution >= 4 is 23.6 Å². The maximum atomic E-state index is 15.1. The van der Waals surface area contributed by atoms with Crippen molar-refractivity contribution in [1.29, 1.82) is 0 Å². The average molecular weight is 428 g/mol. The number of carbonyl (C=O) groups is 2. The van der Waals surface area contributed by atoms with E-state index in [-0.39, 0.29) is 30.6 Å². The van der Waals surface area contributed by atoms with Crippen LogP contribution in [0.3, 0.4) is 0 Å². The van der Waals surface area contributed by atoms with Crippen LogP contribution >= 0.6 is 0 Å². The maximum absolute atomic E-state index is 15.1. The van der Waals surface area contributed by atoms with Crippen molar-refractivity contribution in [3.8, 4) is 0 Å². The van der Waals surface area contributed by atoms with Crippen molar-refractivity contribution in [2.24, 2.45) is 0 Å². The Balaban J connectivity index is 1.79. The minimum atomic E-state index is -3.16. The van der Waals surface area contributed by atoms with E-state index in [1.165, 1.54) is 11.1 Å². The number of benzene rings is 1. The Labute approximate surface area is 171 Å². The van der Waals surface area contributed by atoms with E-state index in [4.69, 9.17) is 4.84 Å². The number of hydrogen-bond acceptors (Lipinski definition) is 5. The van der Waals surface area contributed by atoms with Gasteiger partial charge in [-0.25, -0.2) is 4.39 Å². The number of hydrogen-bond donors (Lipinski definition) is 3. The van der Waals surface area contributed by atoms with E-state index >= 15 is 4.39 Å². The van der Waals surface area contributed by atoms with Gasteiger partial charge in [0.15, 0.2) is 6.10 Å². The molecule has 2 unspecified atom stereocenters. The predicted octanol–water partition coefficient (Wildman–Crippen LogP) is 0.652. The minimum absolute atomic E-state index is 0.0180. The molecule has 8 nitrogen and oxygen atoms in total. The van der Waals surface area contributed by atoms with Crippen molar-refractivity contribution in [1.82, 2.24) is 10.6 Å².